The Morgan fingerprint density at radius 2 is 1.43 bits per heavy atom. The predicted octanol–water partition coefficient (Wildman–Crippen LogP) is 2.82. The third-order valence-corrected chi connectivity index (χ3v) is 7.21. The number of hydrogen-bond donors (Lipinski definition) is 1. The number of benzene rings is 2. The largest absolute Gasteiger partial charge is 0.369 e. The van der Waals surface area contributed by atoms with Crippen molar-refractivity contribution in [2.45, 2.75) is 32.0 Å². The summed E-state index contributed by atoms with van der Waals surface area (Å²) in [6.07, 6.45) is 1.01. The summed E-state index contributed by atoms with van der Waals surface area (Å²) >= 11 is 6.72. The number of primary amides is 1. The molecule has 0 aliphatic carbocycles. The van der Waals surface area contributed by atoms with Crippen LogP contribution in [0, 0.1) is 12.5 Å². The lowest BCUT2D eigenvalue weighted by molar-refractivity contribution is -0.121. The Morgan fingerprint density at radius 3 is 1.94 bits per heavy atom. The molecule has 2 aliphatic rings. The molecule has 176 valence electrons. The highest BCUT2D eigenvalue weighted by Gasteiger charge is 2.29. The molecule has 4 heterocycles. The molecule has 0 saturated heterocycles. The Labute approximate surface area is 215 Å². The van der Waals surface area contributed by atoms with Crippen LogP contribution in [0.1, 0.15) is 11.6 Å². The highest BCUT2D eigenvalue weighted by molar-refractivity contribution is 9.10. The Bertz CT molecular complexity index is 1690. The van der Waals surface area contributed by atoms with Crippen LogP contribution in [0.15, 0.2) is 54.9 Å². The van der Waals surface area contributed by atoms with E-state index in [1.165, 1.54) is 0 Å². The van der Waals surface area contributed by atoms with Crippen molar-refractivity contribution < 1.29 is 4.79 Å². The Hall–Kier alpha value is -3.36. The monoisotopic (exact) mass is 596 g/mol. The summed E-state index contributed by atoms with van der Waals surface area (Å²) in [5.41, 5.74) is 6.48. The van der Waals surface area contributed by atoms with Crippen molar-refractivity contribution in [3.63, 3.8) is 0 Å². The molecule has 2 atom stereocenters. The van der Waals surface area contributed by atoms with E-state index >= 15 is 0 Å². The van der Waals surface area contributed by atoms with Gasteiger partial charge in [0.05, 0.1) is 34.1 Å². The summed E-state index contributed by atoms with van der Waals surface area (Å²) in [7, 11) is 0. The molecular formula is C24H18Br2N6O3. The van der Waals surface area contributed by atoms with Gasteiger partial charge < -0.3 is 10.6 Å². The van der Waals surface area contributed by atoms with E-state index < -0.39 is 0 Å². The van der Waals surface area contributed by atoms with Gasteiger partial charge in [-0.25, -0.2) is 16.5 Å². The van der Waals surface area contributed by atoms with Crippen LogP contribution < -0.4 is 16.9 Å². The quantitative estimate of drug-likeness (QED) is 0.339. The summed E-state index contributed by atoms with van der Waals surface area (Å²) in [4.78, 5) is 48.0. The van der Waals surface area contributed by atoms with Crippen LogP contribution in [0.25, 0.3) is 26.7 Å². The molecule has 0 spiro atoms. The molecule has 1 amide bonds. The van der Waals surface area contributed by atoms with Gasteiger partial charge in [0.2, 0.25) is 11.9 Å². The third kappa shape index (κ3) is 4.28. The van der Waals surface area contributed by atoms with E-state index in [1.807, 2.05) is 12.1 Å². The van der Waals surface area contributed by atoms with Gasteiger partial charge in [0.15, 0.2) is 0 Å². The molecule has 11 heteroatoms. The average Bonchev–Trinajstić information content (AvgIpc) is 3.44. The average molecular weight is 598 g/mol. The number of amides is 1. The molecule has 6 rings (SSSR count). The number of aromatic nitrogens is 4. The second-order valence-corrected chi connectivity index (χ2v) is 10.3. The van der Waals surface area contributed by atoms with Crippen molar-refractivity contribution in [1.29, 1.82) is 0 Å². The number of carbonyl (C=O) groups excluding carboxylic acids is 1. The highest BCUT2D eigenvalue weighted by Crippen LogP contribution is 2.22. The lowest BCUT2D eigenvalue weighted by Crippen LogP contribution is -2.26. The van der Waals surface area contributed by atoms with Gasteiger partial charge in [0, 0.05) is 21.9 Å². The van der Waals surface area contributed by atoms with Crippen LogP contribution >= 0.6 is 31.9 Å². The summed E-state index contributed by atoms with van der Waals surface area (Å²) in [5.74, 6) is 0.645. The number of carbonyl (C=O) groups is 1. The lowest BCUT2D eigenvalue weighted by Gasteiger charge is -2.04. The molecule has 2 unspecified atom stereocenters. The molecular weight excluding hydrogens is 580 g/mol. The molecule has 35 heavy (non-hydrogen) atoms. The Kier molecular flexibility index (Phi) is 6.02. The zero-order chi connectivity index (χ0) is 24.9. The summed E-state index contributed by atoms with van der Waals surface area (Å²) in [6.45, 7) is 7.84. The number of nitrogens with two attached hydrogens (primary N) is 1. The maximum atomic E-state index is 12.3. The fraction of sp³-hybridized carbons (Fsp3) is 0.250. The molecule has 2 aromatic carbocycles. The second-order valence-electron chi connectivity index (χ2n) is 8.50. The zero-order valence-electron chi connectivity index (χ0n) is 18.2. The van der Waals surface area contributed by atoms with Crippen molar-refractivity contribution in [2.75, 3.05) is 0 Å². The minimum Gasteiger partial charge on any atom is -0.369 e. The van der Waals surface area contributed by atoms with E-state index in [0.717, 1.165) is 14.8 Å². The van der Waals surface area contributed by atoms with E-state index in [0.29, 0.717) is 53.6 Å². The van der Waals surface area contributed by atoms with E-state index in [9.17, 15) is 14.4 Å². The number of nitrogens with zero attached hydrogens (tertiary/aromatic N) is 5. The molecule has 9 nitrogen and oxygen atoms in total. The van der Waals surface area contributed by atoms with Crippen molar-refractivity contribution in [1.82, 2.24) is 19.1 Å². The normalized spacial score (nSPS) is 18.0. The number of halogens is 2. The van der Waals surface area contributed by atoms with Gasteiger partial charge in [-0.2, -0.15) is 0 Å². The van der Waals surface area contributed by atoms with E-state index in [4.69, 9.17) is 12.3 Å². The molecule has 0 saturated carbocycles. The van der Waals surface area contributed by atoms with Crippen molar-refractivity contribution in [3.05, 3.63) is 89.1 Å². The standard InChI is InChI=1S/C12H10BrN3O2.C12H8BrN3O/c13-7-1-2-8-9(4-7)15-10-3-6(11(14)17)5-16(10)12(8)18;1-14-8-5-11-15-10-4-7(13)2-3-9(10)12(17)16(11)6-8/h1-2,4,6H,3,5H2,(H2,14,17);2-4,8H,5-6H2. The second kappa shape index (κ2) is 9.02. The minimum absolute atomic E-state index is 0.0383. The highest BCUT2D eigenvalue weighted by atomic mass is 79.9. The van der Waals surface area contributed by atoms with Gasteiger partial charge in [0.25, 0.3) is 11.1 Å². The first-order valence-corrected chi connectivity index (χ1v) is 12.4. The van der Waals surface area contributed by atoms with Crippen molar-refractivity contribution in [3.8, 4) is 0 Å². The van der Waals surface area contributed by atoms with Gasteiger partial charge in [0.1, 0.15) is 18.2 Å². The van der Waals surface area contributed by atoms with E-state index in [-0.39, 0.29) is 29.0 Å². The number of hydrogen-bond acceptors (Lipinski definition) is 5. The van der Waals surface area contributed by atoms with Crippen LogP contribution in [0.4, 0.5) is 0 Å². The maximum Gasteiger partial charge on any atom is 0.261 e. The molecule has 2 N–H and O–H groups in total. The Balaban J connectivity index is 0.000000145. The van der Waals surface area contributed by atoms with Gasteiger partial charge >= 0.3 is 0 Å². The third-order valence-electron chi connectivity index (χ3n) is 6.22. The summed E-state index contributed by atoms with van der Waals surface area (Å²) in [5, 5.41) is 1.18. The van der Waals surface area contributed by atoms with Crippen LogP contribution in [-0.2, 0) is 30.7 Å². The van der Waals surface area contributed by atoms with Crippen LogP contribution in [0.2, 0.25) is 0 Å². The predicted molar refractivity (Wildman–Crippen MR) is 138 cm³/mol. The van der Waals surface area contributed by atoms with Crippen LogP contribution in [-0.4, -0.2) is 31.1 Å². The van der Waals surface area contributed by atoms with Gasteiger partial charge in [-0.15, -0.1) is 0 Å². The molecule has 0 radical (unpaired) electrons. The SMILES string of the molecule is NC(=O)C1Cc2nc3cc(Br)ccc3c(=O)n2C1.[C-]#[N+]C1Cc2nc3cc(Br)ccc3c(=O)n2C1. The first-order chi connectivity index (χ1) is 16.7. The van der Waals surface area contributed by atoms with Gasteiger partial charge in [-0.3, -0.25) is 23.5 Å². The summed E-state index contributed by atoms with van der Waals surface area (Å²) < 4.78 is 4.95. The van der Waals surface area contributed by atoms with Crippen molar-refractivity contribution in [2.24, 2.45) is 11.7 Å². The molecule has 4 aromatic rings. The maximum absolute atomic E-state index is 12.3. The Morgan fingerprint density at radius 1 is 0.914 bits per heavy atom. The number of rotatable bonds is 1. The van der Waals surface area contributed by atoms with Crippen molar-refractivity contribution >= 4 is 59.6 Å². The molecule has 2 aromatic heterocycles. The smallest absolute Gasteiger partial charge is 0.261 e. The first-order valence-electron chi connectivity index (χ1n) is 10.8. The van der Waals surface area contributed by atoms with Crippen LogP contribution in [0.3, 0.4) is 0 Å². The fourth-order valence-corrected chi connectivity index (χ4v) is 5.13. The zero-order valence-corrected chi connectivity index (χ0v) is 21.4. The topological polar surface area (TPSA) is 117 Å². The van der Waals surface area contributed by atoms with E-state index in [2.05, 4.69) is 46.7 Å². The van der Waals surface area contributed by atoms with E-state index in [1.54, 1.807) is 33.4 Å². The van der Waals surface area contributed by atoms with Crippen LogP contribution in [0.5, 0.6) is 0 Å². The van der Waals surface area contributed by atoms with Gasteiger partial charge in [-0.05, 0) is 36.4 Å². The summed E-state index contributed by atoms with van der Waals surface area (Å²) in [6, 6.07) is 10.6. The number of fused-ring (bicyclic) bond motifs is 4. The van der Waals surface area contributed by atoms with Gasteiger partial charge in [-0.1, -0.05) is 31.9 Å². The molecule has 0 bridgehead atoms. The minimum atomic E-state index is -0.384. The molecule has 2 aliphatic heterocycles. The lowest BCUT2D eigenvalue weighted by atomic mass is 10.1. The molecule has 0 fully saturated rings. The fourth-order valence-electron chi connectivity index (χ4n) is 4.44. The first kappa shape index (κ1) is 23.4.